The van der Waals surface area contributed by atoms with Crippen molar-refractivity contribution in [2.75, 3.05) is 11.9 Å². The molecule has 1 aliphatic heterocycles. The summed E-state index contributed by atoms with van der Waals surface area (Å²) in [6.07, 6.45) is 1.10. The van der Waals surface area contributed by atoms with Crippen molar-refractivity contribution in [2.45, 2.75) is 38.7 Å². The van der Waals surface area contributed by atoms with Gasteiger partial charge in [0, 0.05) is 17.1 Å². The van der Waals surface area contributed by atoms with Gasteiger partial charge in [0.25, 0.3) is 0 Å². The van der Waals surface area contributed by atoms with Crippen LogP contribution >= 0.6 is 23.2 Å². The zero-order valence-corrected chi connectivity index (χ0v) is 17.2. The molecule has 0 unspecified atom stereocenters. The summed E-state index contributed by atoms with van der Waals surface area (Å²) in [5.41, 5.74) is 0.557. The van der Waals surface area contributed by atoms with Gasteiger partial charge in [-0.1, -0.05) is 23.2 Å². The number of rotatable bonds is 6. The summed E-state index contributed by atoms with van der Waals surface area (Å²) in [6.45, 7) is 4.10. The van der Waals surface area contributed by atoms with E-state index in [0.717, 1.165) is 0 Å². The minimum absolute atomic E-state index is 0.00981. The van der Waals surface area contributed by atoms with E-state index >= 15 is 0 Å². The molecule has 0 aliphatic carbocycles. The Labute approximate surface area is 173 Å². The third-order valence-electron chi connectivity index (χ3n) is 4.24. The number of nitrogens with one attached hydrogen (secondary N) is 1. The van der Waals surface area contributed by atoms with Gasteiger partial charge in [-0.2, -0.15) is 0 Å². The molecule has 28 heavy (non-hydrogen) atoms. The van der Waals surface area contributed by atoms with Crippen LogP contribution in [-0.2, 0) is 4.79 Å². The number of hydrogen-bond acceptors (Lipinski definition) is 4. The molecule has 0 aromatic heterocycles. The van der Waals surface area contributed by atoms with E-state index in [1.807, 2.05) is 13.8 Å². The van der Waals surface area contributed by atoms with Gasteiger partial charge in [-0.05, 0) is 56.7 Å². The van der Waals surface area contributed by atoms with Crippen LogP contribution in [0.15, 0.2) is 36.4 Å². The SMILES string of the molecule is CC1(C)CC(=O)c2cc(NC(=O)CCCOc3ccc(Cl)cc3Cl)ccc2O1. The van der Waals surface area contributed by atoms with Crippen LogP contribution in [0.1, 0.15) is 43.5 Å². The average Bonchev–Trinajstić information content (AvgIpc) is 2.60. The highest BCUT2D eigenvalue weighted by Crippen LogP contribution is 2.34. The first-order chi connectivity index (χ1) is 13.2. The molecule has 0 saturated heterocycles. The van der Waals surface area contributed by atoms with E-state index in [1.165, 1.54) is 0 Å². The molecule has 1 heterocycles. The molecule has 3 rings (SSSR count). The molecular formula is C21H21Cl2NO4. The molecule has 0 spiro atoms. The van der Waals surface area contributed by atoms with Crippen molar-refractivity contribution in [1.82, 2.24) is 0 Å². The van der Waals surface area contributed by atoms with Crippen LogP contribution in [-0.4, -0.2) is 23.9 Å². The molecule has 1 N–H and O–H groups in total. The number of carbonyl (C=O) groups is 2. The number of anilines is 1. The summed E-state index contributed by atoms with van der Waals surface area (Å²) in [6, 6.07) is 10.1. The first-order valence-electron chi connectivity index (χ1n) is 8.97. The fourth-order valence-corrected chi connectivity index (χ4v) is 3.42. The predicted molar refractivity (Wildman–Crippen MR) is 110 cm³/mol. The van der Waals surface area contributed by atoms with Crippen molar-refractivity contribution in [3.05, 3.63) is 52.0 Å². The minimum Gasteiger partial charge on any atom is -0.492 e. The summed E-state index contributed by atoms with van der Waals surface area (Å²) >= 11 is 11.9. The van der Waals surface area contributed by atoms with Gasteiger partial charge in [0.1, 0.15) is 17.1 Å². The van der Waals surface area contributed by atoms with Crippen LogP contribution in [0, 0.1) is 0 Å². The quantitative estimate of drug-likeness (QED) is 0.622. The number of Topliss-reactive ketones (excluding diaryl/α,β-unsaturated/α-hetero) is 1. The van der Waals surface area contributed by atoms with E-state index in [0.29, 0.717) is 52.2 Å². The largest absolute Gasteiger partial charge is 0.492 e. The monoisotopic (exact) mass is 421 g/mol. The lowest BCUT2D eigenvalue weighted by molar-refractivity contribution is -0.116. The molecule has 148 valence electrons. The Hall–Kier alpha value is -2.24. The highest BCUT2D eigenvalue weighted by molar-refractivity contribution is 6.35. The van der Waals surface area contributed by atoms with Crippen LogP contribution < -0.4 is 14.8 Å². The summed E-state index contributed by atoms with van der Waals surface area (Å²) in [5.74, 6) is 0.931. The zero-order valence-electron chi connectivity index (χ0n) is 15.7. The number of amides is 1. The molecule has 0 bridgehead atoms. The van der Waals surface area contributed by atoms with E-state index in [-0.39, 0.29) is 18.1 Å². The average molecular weight is 422 g/mol. The Morgan fingerprint density at radius 3 is 2.75 bits per heavy atom. The standard InChI is InChI=1S/C21H21Cl2NO4/c1-21(2)12-17(25)15-11-14(6-8-18(15)28-21)24-20(26)4-3-9-27-19-7-5-13(22)10-16(19)23/h5-8,10-11H,3-4,9,12H2,1-2H3,(H,24,26). The molecule has 2 aromatic carbocycles. The van der Waals surface area contributed by atoms with Crippen LogP contribution in [0.25, 0.3) is 0 Å². The highest BCUT2D eigenvalue weighted by atomic mass is 35.5. The maximum atomic E-state index is 12.3. The number of ketones is 1. The fraction of sp³-hybridized carbons (Fsp3) is 0.333. The molecule has 5 nitrogen and oxygen atoms in total. The van der Waals surface area contributed by atoms with Crippen molar-refractivity contribution in [3.63, 3.8) is 0 Å². The van der Waals surface area contributed by atoms with E-state index < -0.39 is 5.60 Å². The first kappa shape index (κ1) is 20.5. The van der Waals surface area contributed by atoms with Crippen LogP contribution in [0.4, 0.5) is 5.69 Å². The maximum absolute atomic E-state index is 12.3. The van der Waals surface area contributed by atoms with E-state index in [9.17, 15) is 9.59 Å². The van der Waals surface area contributed by atoms with Gasteiger partial charge in [-0.3, -0.25) is 9.59 Å². The van der Waals surface area contributed by atoms with Crippen molar-refractivity contribution < 1.29 is 19.1 Å². The minimum atomic E-state index is -0.512. The summed E-state index contributed by atoms with van der Waals surface area (Å²) < 4.78 is 11.4. The number of hydrogen-bond donors (Lipinski definition) is 1. The van der Waals surface area contributed by atoms with Gasteiger partial charge in [0.2, 0.25) is 5.91 Å². The number of halogens is 2. The molecule has 2 aromatic rings. The summed E-state index contributed by atoms with van der Waals surface area (Å²) in [4.78, 5) is 24.5. The molecule has 0 saturated carbocycles. The van der Waals surface area contributed by atoms with E-state index in [1.54, 1.807) is 36.4 Å². The number of fused-ring (bicyclic) bond motifs is 1. The highest BCUT2D eigenvalue weighted by Gasteiger charge is 2.32. The zero-order chi connectivity index (χ0) is 20.3. The van der Waals surface area contributed by atoms with Gasteiger partial charge in [-0.25, -0.2) is 0 Å². The van der Waals surface area contributed by atoms with Crippen LogP contribution in [0.3, 0.4) is 0 Å². The topological polar surface area (TPSA) is 64.6 Å². The first-order valence-corrected chi connectivity index (χ1v) is 9.73. The smallest absolute Gasteiger partial charge is 0.224 e. The lowest BCUT2D eigenvalue weighted by Gasteiger charge is -2.31. The third kappa shape index (κ3) is 5.18. The van der Waals surface area contributed by atoms with Crippen LogP contribution in [0.5, 0.6) is 11.5 Å². The van der Waals surface area contributed by atoms with Gasteiger partial charge < -0.3 is 14.8 Å². The van der Waals surface area contributed by atoms with Crippen molar-refractivity contribution in [1.29, 1.82) is 0 Å². The second-order valence-electron chi connectivity index (χ2n) is 7.25. The van der Waals surface area contributed by atoms with Gasteiger partial charge in [0.15, 0.2) is 5.78 Å². The Kier molecular flexibility index (Phi) is 6.16. The Bertz CT molecular complexity index is 911. The van der Waals surface area contributed by atoms with Crippen molar-refractivity contribution in [3.8, 4) is 11.5 Å². The molecule has 7 heteroatoms. The second-order valence-corrected chi connectivity index (χ2v) is 8.09. The summed E-state index contributed by atoms with van der Waals surface area (Å²) in [5, 5.41) is 3.77. The molecule has 1 amide bonds. The number of carbonyl (C=O) groups excluding carboxylic acids is 2. The van der Waals surface area contributed by atoms with Gasteiger partial charge >= 0.3 is 0 Å². The molecule has 0 radical (unpaired) electrons. The second kappa shape index (κ2) is 8.41. The van der Waals surface area contributed by atoms with Crippen molar-refractivity contribution in [2.24, 2.45) is 0 Å². The molecule has 1 aliphatic rings. The molecule has 0 fully saturated rings. The predicted octanol–water partition coefficient (Wildman–Crippen LogP) is 5.53. The van der Waals surface area contributed by atoms with Gasteiger partial charge in [-0.15, -0.1) is 0 Å². The Morgan fingerprint density at radius 2 is 2.00 bits per heavy atom. The Morgan fingerprint density at radius 1 is 1.21 bits per heavy atom. The lowest BCUT2D eigenvalue weighted by Crippen LogP contribution is -2.35. The molecule has 0 atom stereocenters. The fourth-order valence-electron chi connectivity index (χ4n) is 2.96. The summed E-state index contributed by atoms with van der Waals surface area (Å²) in [7, 11) is 0. The normalized spacial score (nSPS) is 14.8. The molecular weight excluding hydrogens is 401 g/mol. The lowest BCUT2D eigenvalue weighted by atomic mass is 9.93. The van der Waals surface area contributed by atoms with Gasteiger partial charge in [0.05, 0.1) is 23.6 Å². The third-order valence-corrected chi connectivity index (χ3v) is 4.77. The number of benzene rings is 2. The maximum Gasteiger partial charge on any atom is 0.224 e. The Balaban J connectivity index is 1.50. The number of ether oxygens (including phenoxy) is 2. The van der Waals surface area contributed by atoms with Crippen LogP contribution in [0.2, 0.25) is 10.0 Å². The van der Waals surface area contributed by atoms with E-state index in [4.69, 9.17) is 32.7 Å². The van der Waals surface area contributed by atoms with Crippen molar-refractivity contribution >= 4 is 40.6 Å². The van der Waals surface area contributed by atoms with E-state index in [2.05, 4.69) is 5.32 Å².